The van der Waals surface area contributed by atoms with Crippen LogP contribution in [0.5, 0.6) is 0 Å². The highest BCUT2D eigenvalue weighted by atomic mass is 14.9. The molecule has 5 aromatic carbocycles. The van der Waals surface area contributed by atoms with Crippen molar-refractivity contribution < 1.29 is 0 Å². The summed E-state index contributed by atoms with van der Waals surface area (Å²) in [6.45, 7) is 0. The standard InChI is InChI=1S/C46H31N3/c47-43(27-12-2-1-3-13-27)49-44(48)35-17-7-4-14-29(35)28-22-23-31-34-20-11-25-45-24-10-19-33-30-15-5-6-16-32(30)39-36-18-8-9-21-37(36)46(42(34)45,38(31)26-28)41(39)40(33)45/h1-24,26,40H,25H2,(H3,47,48,49). The number of hydrogen-bond acceptors (Lipinski definition) is 1. The highest BCUT2D eigenvalue weighted by Gasteiger charge is 2.70. The van der Waals surface area contributed by atoms with E-state index in [0.29, 0.717) is 5.84 Å². The highest BCUT2D eigenvalue weighted by molar-refractivity contribution is 6.13. The average Bonchev–Trinajstić information content (AvgIpc) is 3.74. The summed E-state index contributed by atoms with van der Waals surface area (Å²) in [7, 11) is 0. The number of allylic oxidation sites excluding steroid dienone is 9. The van der Waals surface area contributed by atoms with Gasteiger partial charge in [-0.3, -0.25) is 5.41 Å². The molecule has 1 fully saturated rings. The summed E-state index contributed by atoms with van der Waals surface area (Å²) in [6, 6.07) is 43.1. The Bertz CT molecular complexity index is 2560. The van der Waals surface area contributed by atoms with E-state index >= 15 is 0 Å². The van der Waals surface area contributed by atoms with E-state index in [1.54, 1.807) is 11.1 Å². The minimum atomic E-state index is -0.354. The molecule has 11 rings (SSSR count). The number of nitrogens with two attached hydrogens (primary N) is 1. The molecule has 49 heavy (non-hydrogen) atoms. The number of amidine groups is 2. The smallest absolute Gasteiger partial charge is 0.154 e. The lowest BCUT2D eigenvalue weighted by Gasteiger charge is -2.42. The first-order valence-electron chi connectivity index (χ1n) is 17.1. The summed E-state index contributed by atoms with van der Waals surface area (Å²) in [5.41, 5.74) is 25.5. The minimum absolute atomic E-state index is 0.109. The van der Waals surface area contributed by atoms with Crippen LogP contribution < -0.4 is 5.73 Å². The van der Waals surface area contributed by atoms with E-state index in [1.807, 2.05) is 42.5 Å². The van der Waals surface area contributed by atoms with Crippen molar-refractivity contribution >= 4 is 28.4 Å². The van der Waals surface area contributed by atoms with E-state index < -0.39 is 0 Å². The molecule has 6 aliphatic carbocycles. The van der Waals surface area contributed by atoms with Crippen molar-refractivity contribution in [3.05, 3.63) is 207 Å². The van der Waals surface area contributed by atoms with Crippen LogP contribution in [0.25, 0.3) is 27.8 Å². The topological polar surface area (TPSA) is 62.2 Å². The number of fused-ring (bicyclic) bond motifs is 7. The third-order valence-corrected chi connectivity index (χ3v) is 11.9. The van der Waals surface area contributed by atoms with E-state index in [0.717, 1.165) is 28.7 Å². The van der Waals surface area contributed by atoms with Gasteiger partial charge in [-0.2, -0.15) is 0 Å². The number of hydrogen-bond donors (Lipinski definition) is 2. The SMILES string of the molecule is N=C(N=C(N)c1ccccc1-c1ccc2c(c1)C13C4=C(c5ccccc5C5=CC=CC6(CC=CC2=C16)C54)c1ccccc13)c1ccccc1. The van der Waals surface area contributed by atoms with Crippen LogP contribution in [-0.4, -0.2) is 11.7 Å². The molecular weight excluding hydrogens is 595 g/mol. The number of benzene rings is 5. The zero-order valence-corrected chi connectivity index (χ0v) is 26.7. The molecule has 0 heterocycles. The quantitative estimate of drug-likeness (QED) is 0.152. The van der Waals surface area contributed by atoms with Gasteiger partial charge in [-0.25, -0.2) is 4.99 Å². The molecule has 0 saturated heterocycles. The Hall–Kier alpha value is -6.06. The molecular formula is C46H31N3. The van der Waals surface area contributed by atoms with Crippen molar-refractivity contribution in [1.29, 1.82) is 5.41 Å². The fraction of sp³-hybridized carbons (Fsp3) is 0.0870. The minimum Gasteiger partial charge on any atom is -0.383 e. The molecule has 0 amide bonds. The maximum Gasteiger partial charge on any atom is 0.154 e. The highest BCUT2D eigenvalue weighted by Crippen LogP contribution is 2.79. The number of rotatable bonds is 3. The van der Waals surface area contributed by atoms with Gasteiger partial charge in [0.05, 0.1) is 5.41 Å². The number of nitrogens with zero attached hydrogens (tertiary/aromatic N) is 1. The maximum absolute atomic E-state index is 8.66. The van der Waals surface area contributed by atoms with Crippen molar-refractivity contribution in [2.75, 3.05) is 0 Å². The van der Waals surface area contributed by atoms with Crippen LogP contribution in [0, 0.1) is 16.7 Å². The normalized spacial score (nSPS) is 24.3. The molecule has 3 N–H and O–H groups in total. The Morgan fingerprint density at radius 3 is 2.33 bits per heavy atom. The molecule has 0 aromatic heterocycles. The zero-order chi connectivity index (χ0) is 32.5. The first kappa shape index (κ1) is 26.9. The van der Waals surface area contributed by atoms with Crippen molar-refractivity contribution in [3.8, 4) is 11.1 Å². The molecule has 2 spiro atoms. The van der Waals surface area contributed by atoms with Gasteiger partial charge in [0.25, 0.3) is 0 Å². The van der Waals surface area contributed by atoms with Gasteiger partial charge in [-0.1, -0.05) is 146 Å². The van der Waals surface area contributed by atoms with E-state index in [4.69, 9.17) is 11.1 Å². The number of aliphatic imine (C=N–C) groups is 1. The predicted molar refractivity (Wildman–Crippen MR) is 199 cm³/mol. The molecule has 0 bridgehead atoms. The van der Waals surface area contributed by atoms with E-state index in [9.17, 15) is 0 Å². The van der Waals surface area contributed by atoms with Crippen molar-refractivity contribution in [2.45, 2.75) is 11.8 Å². The molecule has 3 heteroatoms. The summed E-state index contributed by atoms with van der Waals surface area (Å²) in [6.07, 6.45) is 13.1. The Labute approximate surface area is 285 Å². The van der Waals surface area contributed by atoms with Crippen LogP contribution in [0.3, 0.4) is 0 Å². The van der Waals surface area contributed by atoms with Gasteiger partial charge >= 0.3 is 0 Å². The van der Waals surface area contributed by atoms with E-state index in [-0.39, 0.29) is 22.6 Å². The maximum atomic E-state index is 8.66. The molecule has 230 valence electrons. The summed E-state index contributed by atoms with van der Waals surface area (Å²) < 4.78 is 0. The van der Waals surface area contributed by atoms with Crippen molar-refractivity contribution in [3.63, 3.8) is 0 Å². The largest absolute Gasteiger partial charge is 0.383 e. The van der Waals surface area contributed by atoms with Gasteiger partial charge in [-0.15, -0.1) is 0 Å². The molecule has 1 saturated carbocycles. The van der Waals surface area contributed by atoms with Crippen molar-refractivity contribution in [2.24, 2.45) is 22.1 Å². The monoisotopic (exact) mass is 625 g/mol. The van der Waals surface area contributed by atoms with Crippen LogP contribution in [0.4, 0.5) is 0 Å². The second kappa shape index (κ2) is 9.30. The van der Waals surface area contributed by atoms with Crippen LogP contribution >= 0.6 is 0 Å². The van der Waals surface area contributed by atoms with Crippen molar-refractivity contribution in [1.82, 2.24) is 0 Å². The Balaban J connectivity index is 1.18. The molecule has 3 unspecified atom stereocenters. The zero-order valence-electron chi connectivity index (χ0n) is 26.7. The fourth-order valence-electron chi connectivity index (χ4n) is 10.3. The van der Waals surface area contributed by atoms with Gasteiger partial charge < -0.3 is 5.73 Å². The molecule has 3 atom stereocenters. The van der Waals surface area contributed by atoms with Crippen LogP contribution in [-0.2, 0) is 5.41 Å². The second-order valence-electron chi connectivity index (χ2n) is 14.0. The predicted octanol–water partition coefficient (Wildman–Crippen LogP) is 9.50. The molecule has 5 aromatic rings. The first-order chi connectivity index (χ1) is 24.1. The molecule has 6 aliphatic rings. The van der Waals surface area contributed by atoms with E-state index in [2.05, 4.69) is 114 Å². The third kappa shape index (κ3) is 3.14. The van der Waals surface area contributed by atoms with Gasteiger partial charge in [0.1, 0.15) is 5.84 Å². The lowest BCUT2D eigenvalue weighted by Crippen LogP contribution is -2.32. The summed E-state index contributed by atoms with van der Waals surface area (Å²) in [4.78, 5) is 4.59. The van der Waals surface area contributed by atoms with Crippen LogP contribution in [0.15, 0.2) is 168 Å². The fourth-order valence-corrected chi connectivity index (χ4v) is 10.3. The summed E-state index contributed by atoms with van der Waals surface area (Å²) >= 11 is 0. The first-order valence-corrected chi connectivity index (χ1v) is 17.1. The lowest BCUT2D eigenvalue weighted by atomic mass is 9.60. The molecule has 0 radical (unpaired) electrons. The van der Waals surface area contributed by atoms with Crippen LogP contribution in [0.2, 0.25) is 0 Å². The second-order valence-corrected chi connectivity index (χ2v) is 14.0. The van der Waals surface area contributed by atoms with Gasteiger partial charge in [0.15, 0.2) is 5.84 Å². The molecule has 0 aliphatic heterocycles. The summed E-state index contributed by atoms with van der Waals surface area (Å²) in [5, 5.41) is 8.66. The van der Waals surface area contributed by atoms with Crippen LogP contribution in [0.1, 0.15) is 50.9 Å². The van der Waals surface area contributed by atoms with Gasteiger partial charge in [0.2, 0.25) is 0 Å². The molecule has 3 nitrogen and oxygen atoms in total. The number of nitrogens with one attached hydrogen (secondary N) is 1. The van der Waals surface area contributed by atoms with Gasteiger partial charge in [0, 0.05) is 22.5 Å². The Morgan fingerprint density at radius 2 is 1.47 bits per heavy atom. The Kier molecular flexibility index (Phi) is 5.11. The third-order valence-electron chi connectivity index (χ3n) is 11.9. The average molecular weight is 626 g/mol. The van der Waals surface area contributed by atoms with E-state index in [1.165, 1.54) is 50.1 Å². The Morgan fingerprint density at radius 1 is 0.735 bits per heavy atom. The summed E-state index contributed by atoms with van der Waals surface area (Å²) in [5.74, 6) is 0.773. The lowest BCUT2D eigenvalue weighted by molar-refractivity contribution is 0.419. The van der Waals surface area contributed by atoms with Gasteiger partial charge in [-0.05, 0) is 84.9 Å².